The molecule has 8 heteroatoms. The SMILES string of the molecule is CC(C)S(=O)(=O)n1cc(-c2cc(F)c(F)cc2C=O)cn1. The molecule has 0 aliphatic carbocycles. The fraction of sp³-hybridized carbons (Fsp3) is 0.231. The number of rotatable bonds is 4. The normalized spacial score (nSPS) is 11.9. The molecular formula is C13H12F2N2O3S. The number of aromatic nitrogens is 2. The molecule has 1 heterocycles. The quantitative estimate of drug-likeness (QED) is 0.812. The van der Waals surface area contributed by atoms with Crippen molar-refractivity contribution in [3.8, 4) is 11.1 Å². The zero-order valence-corrected chi connectivity index (χ0v) is 12.1. The zero-order chi connectivity index (χ0) is 15.8. The molecule has 0 fully saturated rings. The molecule has 0 radical (unpaired) electrons. The molecule has 0 unspecified atom stereocenters. The smallest absolute Gasteiger partial charge is 0.256 e. The van der Waals surface area contributed by atoms with Gasteiger partial charge in [0, 0.05) is 11.1 Å². The van der Waals surface area contributed by atoms with Gasteiger partial charge in [0.1, 0.15) is 0 Å². The van der Waals surface area contributed by atoms with Crippen LogP contribution in [-0.2, 0) is 10.0 Å². The molecule has 5 nitrogen and oxygen atoms in total. The highest BCUT2D eigenvalue weighted by atomic mass is 32.2. The van der Waals surface area contributed by atoms with Gasteiger partial charge in [-0.05, 0) is 31.5 Å². The number of halogens is 2. The molecule has 1 aromatic heterocycles. The molecule has 0 atom stereocenters. The van der Waals surface area contributed by atoms with E-state index >= 15 is 0 Å². The van der Waals surface area contributed by atoms with E-state index in [1.54, 1.807) is 0 Å². The van der Waals surface area contributed by atoms with Crippen molar-refractivity contribution in [2.75, 3.05) is 0 Å². The van der Waals surface area contributed by atoms with E-state index in [2.05, 4.69) is 5.10 Å². The predicted octanol–water partition coefficient (Wildman–Crippen LogP) is 2.23. The highest BCUT2D eigenvalue weighted by Crippen LogP contribution is 2.25. The maximum Gasteiger partial charge on any atom is 0.256 e. The van der Waals surface area contributed by atoms with Crippen LogP contribution < -0.4 is 0 Å². The van der Waals surface area contributed by atoms with Crippen LogP contribution in [0.4, 0.5) is 8.78 Å². The Hall–Kier alpha value is -2.09. The van der Waals surface area contributed by atoms with Crippen molar-refractivity contribution in [1.29, 1.82) is 0 Å². The van der Waals surface area contributed by atoms with Crippen LogP contribution in [0.5, 0.6) is 0 Å². The Morgan fingerprint density at radius 2 is 1.86 bits per heavy atom. The standard InChI is InChI=1S/C13H12F2N2O3S/c1-8(2)21(19,20)17-6-10(5-16-17)11-4-13(15)12(14)3-9(11)7-18/h3-8H,1-2H3. The first kappa shape index (κ1) is 15.3. The lowest BCUT2D eigenvalue weighted by Gasteiger charge is -2.06. The van der Waals surface area contributed by atoms with Crippen molar-refractivity contribution in [1.82, 2.24) is 9.19 Å². The molecule has 0 amide bonds. The van der Waals surface area contributed by atoms with Crippen molar-refractivity contribution in [2.45, 2.75) is 19.1 Å². The summed E-state index contributed by atoms with van der Waals surface area (Å²) in [4.78, 5) is 10.9. The molecule has 21 heavy (non-hydrogen) atoms. The Bertz CT molecular complexity index is 798. The average Bonchev–Trinajstić information content (AvgIpc) is 2.91. The van der Waals surface area contributed by atoms with Gasteiger partial charge in [-0.15, -0.1) is 0 Å². The lowest BCUT2D eigenvalue weighted by atomic mass is 10.0. The highest BCUT2D eigenvalue weighted by molar-refractivity contribution is 7.90. The van der Waals surface area contributed by atoms with Crippen LogP contribution in [0, 0.1) is 11.6 Å². The van der Waals surface area contributed by atoms with E-state index < -0.39 is 26.9 Å². The number of aldehydes is 1. The van der Waals surface area contributed by atoms with Gasteiger partial charge in [-0.2, -0.15) is 9.19 Å². The molecule has 0 saturated carbocycles. The first-order valence-electron chi connectivity index (χ1n) is 6.01. The lowest BCUT2D eigenvalue weighted by Crippen LogP contribution is -2.22. The second-order valence-electron chi connectivity index (χ2n) is 4.67. The molecule has 0 N–H and O–H groups in total. The van der Waals surface area contributed by atoms with Crippen molar-refractivity contribution in [3.63, 3.8) is 0 Å². The Morgan fingerprint density at radius 1 is 1.24 bits per heavy atom. The van der Waals surface area contributed by atoms with Gasteiger partial charge in [0.25, 0.3) is 10.0 Å². The second kappa shape index (κ2) is 5.36. The molecule has 0 spiro atoms. The third-order valence-corrected chi connectivity index (χ3v) is 4.86. The van der Waals surface area contributed by atoms with E-state index in [4.69, 9.17) is 0 Å². The van der Waals surface area contributed by atoms with Gasteiger partial charge < -0.3 is 0 Å². The van der Waals surface area contributed by atoms with Crippen LogP contribution in [0.3, 0.4) is 0 Å². The molecule has 0 aliphatic rings. The third kappa shape index (κ3) is 2.71. The predicted molar refractivity (Wildman–Crippen MR) is 72.4 cm³/mol. The Labute approximate surface area is 120 Å². The number of carbonyl (C=O) groups is 1. The summed E-state index contributed by atoms with van der Waals surface area (Å²) in [6, 6.07) is 1.59. The largest absolute Gasteiger partial charge is 0.298 e. The highest BCUT2D eigenvalue weighted by Gasteiger charge is 2.21. The van der Waals surface area contributed by atoms with Crippen LogP contribution in [0.15, 0.2) is 24.5 Å². The maximum atomic E-state index is 13.3. The summed E-state index contributed by atoms with van der Waals surface area (Å²) < 4.78 is 51.1. The van der Waals surface area contributed by atoms with Crippen molar-refractivity contribution < 1.29 is 22.0 Å². The summed E-state index contributed by atoms with van der Waals surface area (Å²) in [5, 5.41) is 3.02. The minimum atomic E-state index is -3.65. The van der Waals surface area contributed by atoms with E-state index in [0.717, 1.165) is 22.4 Å². The van der Waals surface area contributed by atoms with Gasteiger partial charge in [0.2, 0.25) is 0 Å². The summed E-state index contributed by atoms with van der Waals surface area (Å²) in [5.41, 5.74) is 0.199. The number of hydrogen-bond acceptors (Lipinski definition) is 4. The summed E-state index contributed by atoms with van der Waals surface area (Å²) in [6.07, 6.45) is 2.71. The fourth-order valence-electron chi connectivity index (χ4n) is 1.71. The Kier molecular flexibility index (Phi) is 3.91. The number of benzene rings is 1. The van der Waals surface area contributed by atoms with Gasteiger partial charge in [-0.25, -0.2) is 17.2 Å². The average molecular weight is 314 g/mol. The minimum Gasteiger partial charge on any atom is -0.298 e. The first-order chi connectivity index (χ1) is 9.77. The van der Waals surface area contributed by atoms with Gasteiger partial charge in [-0.3, -0.25) is 4.79 Å². The molecule has 0 saturated heterocycles. The maximum absolute atomic E-state index is 13.3. The number of hydrogen-bond donors (Lipinski definition) is 0. The first-order valence-corrected chi connectivity index (χ1v) is 7.51. The molecule has 112 valence electrons. The topological polar surface area (TPSA) is 69.0 Å². The molecular weight excluding hydrogens is 302 g/mol. The summed E-state index contributed by atoms with van der Waals surface area (Å²) in [7, 11) is -3.65. The number of carbonyl (C=O) groups excluding carboxylic acids is 1. The van der Waals surface area contributed by atoms with E-state index in [0.29, 0.717) is 6.29 Å². The van der Waals surface area contributed by atoms with Crippen LogP contribution in [0.2, 0.25) is 0 Å². The van der Waals surface area contributed by atoms with Gasteiger partial charge in [0.15, 0.2) is 17.9 Å². The van der Waals surface area contributed by atoms with Crippen molar-refractivity contribution >= 4 is 16.3 Å². The Morgan fingerprint density at radius 3 is 2.43 bits per heavy atom. The lowest BCUT2D eigenvalue weighted by molar-refractivity contribution is 0.112. The van der Waals surface area contributed by atoms with Crippen molar-refractivity contribution in [2.24, 2.45) is 0 Å². The Balaban J connectivity index is 2.58. The van der Waals surface area contributed by atoms with E-state index in [1.807, 2.05) is 0 Å². The van der Waals surface area contributed by atoms with E-state index in [1.165, 1.54) is 20.0 Å². The molecule has 2 aromatic rings. The van der Waals surface area contributed by atoms with Crippen molar-refractivity contribution in [3.05, 3.63) is 41.7 Å². The zero-order valence-electron chi connectivity index (χ0n) is 11.2. The monoisotopic (exact) mass is 314 g/mol. The molecule has 0 aliphatic heterocycles. The van der Waals surface area contributed by atoms with Gasteiger partial charge in [-0.1, -0.05) is 0 Å². The number of nitrogens with zero attached hydrogens (tertiary/aromatic N) is 2. The van der Waals surface area contributed by atoms with Crippen LogP contribution in [-0.4, -0.2) is 29.1 Å². The molecule has 1 aromatic carbocycles. The summed E-state index contributed by atoms with van der Waals surface area (Å²) >= 11 is 0. The van der Waals surface area contributed by atoms with Crippen LogP contribution in [0.25, 0.3) is 11.1 Å². The molecule has 0 bridgehead atoms. The third-order valence-electron chi connectivity index (χ3n) is 2.95. The van der Waals surface area contributed by atoms with E-state index in [9.17, 15) is 22.0 Å². The minimum absolute atomic E-state index is 0.0779. The molecule has 2 rings (SSSR count). The van der Waals surface area contributed by atoms with Gasteiger partial charge in [0.05, 0.1) is 17.6 Å². The summed E-state index contributed by atoms with van der Waals surface area (Å²) in [6.45, 7) is 2.98. The van der Waals surface area contributed by atoms with Crippen LogP contribution in [0.1, 0.15) is 24.2 Å². The van der Waals surface area contributed by atoms with Crippen LogP contribution >= 0.6 is 0 Å². The van der Waals surface area contributed by atoms with E-state index in [-0.39, 0.29) is 16.7 Å². The summed E-state index contributed by atoms with van der Waals surface area (Å²) in [5.74, 6) is -2.28. The second-order valence-corrected chi connectivity index (χ2v) is 7.01. The van der Waals surface area contributed by atoms with Gasteiger partial charge >= 0.3 is 0 Å². The fourth-order valence-corrected chi connectivity index (χ4v) is 2.58.